The molecule has 1 aromatic heterocycles. The zero-order chi connectivity index (χ0) is 15.8. The summed E-state index contributed by atoms with van der Waals surface area (Å²) in [6.07, 6.45) is 3.33. The highest BCUT2D eigenvalue weighted by Gasteiger charge is 2.25. The van der Waals surface area contributed by atoms with Crippen molar-refractivity contribution in [3.63, 3.8) is 0 Å². The van der Waals surface area contributed by atoms with Crippen LogP contribution in [0.25, 0.3) is 11.0 Å². The van der Waals surface area contributed by atoms with E-state index in [0.29, 0.717) is 12.3 Å². The van der Waals surface area contributed by atoms with E-state index in [1.165, 1.54) is 0 Å². The topological polar surface area (TPSA) is 51.9 Å². The maximum absolute atomic E-state index is 11.9. The van der Waals surface area contributed by atoms with E-state index in [9.17, 15) is 4.79 Å². The first-order valence-electron chi connectivity index (χ1n) is 8.30. The highest BCUT2D eigenvalue weighted by Crippen LogP contribution is 2.33. The fourth-order valence-electron chi connectivity index (χ4n) is 3.53. The Morgan fingerprint density at radius 1 is 1.35 bits per heavy atom. The third kappa shape index (κ3) is 2.75. The van der Waals surface area contributed by atoms with Crippen LogP contribution < -0.4 is 10.4 Å². The summed E-state index contributed by atoms with van der Waals surface area (Å²) in [4.78, 5) is 14.1. The van der Waals surface area contributed by atoms with Gasteiger partial charge in [0.05, 0.1) is 11.7 Å². The van der Waals surface area contributed by atoms with Gasteiger partial charge in [0, 0.05) is 31.1 Å². The molecular weight excluding hydrogens is 294 g/mol. The van der Waals surface area contributed by atoms with E-state index in [4.69, 9.17) is 13.9 Å². The third-order valence-electron chi connectivity index (χ3n) is 4.71. The van der Waals surface area contributed by atoms with Crippen LogP contribution in [-0.4, -0.2) is 30.9 Å². The van der Waals surface area contributed by atoms with Crippen LogP contribution in [0.4, 0.5) is 0 Å². The largest absolute Gasteiger partial charge is 0.478 e. The average molecular weight is 315 g/mol. The van der Waals surface area contributed by atoms with Crippen LogP contribution in [-0.2, 0) is 17.7 Å². The molecule has 0 N–H and O–H groups in total. The number of rotatable bonds is 3. The first kappa shape index (κ1) is 14.7. The van der Waals surface area contributed by atoms with Gasteiger partial charge in [0.15, 0.2) is 0 Å². The first-order valence-corrected chi connectivity index (χ1v) is 8.30. The molecule has 0 amide bonds. The summed E-state index contributed by atoms with van der Waals surface area (Å²) >= 11 is 0. The summed E-state index contributed by atoms with van der Waals surface area (Å²) < 4.78 is 17.1. The van der Waals surface area contributed by atoms with Gasteiger partial charge < -0.3 is 13.9 Å². The third-order valence-corrected chi connectivity index (χ3v) is 4.71. The molecule has 23 heavy (non-hydrogen) atoms. The molecular formula is C18H21NO4. The van der Waals surface area contributed by atoms with Gasteiger partial charge in [-0.3, -0.25) is 4.90 Å². The van der Waals surface area contributed by atoms with Gasteiger partial charge in [-0.1, -0.05) is 6.92 Å². The number of hydrogen-bond acceptors (Lipinski definition) is 5. The molecule has 0 saturated carbocycles. The maximum Gasteiger partial charge on any atom is 0.336 e. The Hall–Kier alpha value is -1.85. The molecule has 0 unspecified atom stereocenters. The minimum Gasteiger partial charge on any atom is -0.478 e. The van der Waals surface area contributed by atoms with Gasteiger partial charge in [-0.2, -0.15) is 0 Å². The number of hydrogen-bond donors (Lipinski definition) is 0. The Morgan fingerprint density at radius 3 is 3.04 bits per heavy atom. The van der Waals surface area contributed by atoms with Crippen molar-refractivity contribution in [1.82, 2.24) is 4.90 Å². The predicted molar refractivity (Wildman–Crippen MR) is 86.7 cm³/mol. The standard InChI is InChI=1S/C18H21NO4/c1-2-12-8-17(20)23-18-14(12)5-6-16-15(18)10-19(11-22-16)9-13-4-3-7-21-13/h5-6,8,13H,2-4,7,9-11H2,1H3/t13-/m0/s1. The van der Waals surface area contributed by atoms with Crippen LogP contribution in [0.5, 0.6) is 5.75 Å². The minimum atomic E-state index is -0.293. The summed E-state index contributed by atoms with van der Waals surface area (Å²) in [6.45, 7) is 5.04. The molecule has 1 fully saturated rings. The van der Waals surface area contributed by atoms with E-state index in [1.807, 2.05) is 19.1 Å². The zero-order valence-corrected chi connectivity index (χ0v) is 13.3. The molecule has 0 aliphatic carbocycles. The molecule has 1 aromatic carbocycles. The van der Waals surface area contributed by atoms with Crippen molar-refractivity contribution in [1.29, 1.82) is 0 Å². The van der Waals surface area contributed by atoms with Gasteiger partial charge in [-0.05, 0) is 37.0 Å². The predicted octanol–water partition coefficient (Wildman–Crippen LogP) is 2.69. The average Bonchev–Trinajstić information content (AvgIpc) is 3.07. The summed E-state index contributed by atoms with van der Waals surface area (Å²) in [7, 11) is 0. The maximum atomic E-state index is 11.9. The summed E-state index contributed by atoms with van der Waals surface area (Å²) in [5, 5.41) is 1.01. The Balaban J connectivity index is 1.70. The van der Waals surface area contributed by atoms with Crippen LogP contribution in [0.2, 0.25) is 0 Å². The first-order chi connectivity index (χ1) is 11.2. The molecule has 3 heterocycles. The molecule has 2 aliphatic rings. The highest BCUT2D eigenvalue weighted by molar-refractivity contribution is 5.85. The Labute approximate surface area is 134 Å². The van der Waals surface area contributed by atoms with Crippen molar-refractivity contribution in [3.8, 4) is 5.75 Å². The molecule has 2 aliphatic heterocycles. The van der Waals surface area contributed by atoms with Gasteiger partial charge in [-0.25, -0.2) is 4.79 Å². The lowest BCUT2D eigenvalue weighted by molar-refractivity contribution is 0.0281. The van der Waals surface area contributed by atoms with Gasteiger partial charge >= 0.3 is 5.63 Å². The number of nitrogens with zero attached hydrogens (tertiary/aromatic N) is 1. The summed E-state index contributed by atoms with van der Waals surface area (Å²) in [6, 6.07) is 5.56. The molecule has 122 valence electrons. The van der Waals surface area contributed by atoms with E-state index >= 15 is 0 Å². The minimum absolute atomic E-state index is 0.285. The normalized spacial score (nSPS) is 21.3. The van der Waals surface area contributed by atoms with E-state index < -0.39 is 0 Å². The SMILES string of the molecule is CCc1cc(=O)oc2c3c(ccc12)OCN(C[C@@H]1CCCO1)C3. The van der Waals surface area contributed by atoms with Crippen molar-refractivity contribution in [2.24, 2.45) is 0 Å². The molecule has 0 bridgehead atoms. The van der Waals surface area contributed by atoms with Crippen molar-refractivity contribution < 1.29 is 13.9 Å². The highest BCUT2D eigenvalue weighted by atomic mass is 16.5. The molecule has 1 saturated heterocycles. The molecule has 0 radical (unpaired) electrons. The Kier molecular flexibility index (Phi) is 3.83. The zero-order valence-electron chi connectivity index (χ0n) is 13.3. The second kappa shape index (κ2) is 5.98. The van der Waals surface area contributed by atoms with Crippen molar-refractivity contribution in [2.45, 2.75) is 38.8 Å². The van der Waals surface area contributed by atoms with Gasteiger partial charge in [0.25, 0.3) is 0 Å². The smallest absolute Gasteiger partial charge is 0.336 e. The number of ether oxygens (including phenoxy) is 2. The Bertz CT molecular complexity index is 776. The second-order valence-corrected chi connectivity index (χ2v) is 6.28. The monoisotopic (exact) mass is 315 g/mol. The van der Waals surface area contributed by atoms with Gasteiger partial charge in [0.2, 0.25) is 0 Å². The number of benzene rings is 1. The van der Waals surface area contributed by atoms with Crippen LogP contribution in [0.3, 0.4) is 0 Å². The molecule has 5 nitrogen and oxygen atoms in total. The molecule has 5 heteroatoms. The fourth-order valence-corrected chi connectivity index (χ4v) is 3.53. The van der Waals surface area contributed by atoms with Crippen LogP contribution in [0, 0.1) is 0 Å². The lowest BCUT2D eigenvalue weighted by atomic mass is 10.0. The van der Waals surface area contributed by atoms with Gasteiger partial charge in [-0.15, -0.1) is 0 Å². The quantitative estimate of drug-likeness (QED) is 0.815. The van der Waals surface area contributed by atoms with Crippen molar-refractivity contribution in [3.05, 3.63) is 39.7 Å². The second-order valence-electron chi connectivity index (χ2n) is 6.28. The van der Waals surface area contributed by atoms with Gasteiger partial charge in [0.1, 0.15) is 18.1 Å². The van der Waals surface area contributed by atoms with E-state index in [2.05, 4.69) is 4.90 Å². The molecule has 0 spiro atoms. The lowest BCUT2D eigenvalue weighted by Gasteiger charge is -2.30. The van der Waals surface area contributed by atoms with E-state index in [0.717, 1.165) is 61.2 Å². The van der Waals surface area contributed by atoms with Crippen molar-refractivity contribution in [2.75, 3.05) is 19.9 Å². The lowest BCUT2D eigenvalue weighted by Crippen LogP contribution is -2.37. The van der Waals surface area contributed by atoms with Crippen LogP contribution in [0.15, 0.2) is 27.4 Å². The summed E-state index contributed by atoms with van der Waals surface area (Å²) in [5.41, 5.74) is 2.37. The molecule has 1 atom stereocenters. The molecule has 2 aromatic rings. The number of aryl methyl sites for hydroxylation is 1. The fraction of sp³-hybridized carbons (Fsp3) is 0.500. The van der Waals surface area contributed by atoms with Crippen LogP contribution >= 0.6 is 0 Å². The van der Waals surface area contributed by atoms with Crippen LogP contribution in [0.1, 0.15) is 30.9 Å². The number of fused-ring (bicyclic) bond motifs is 3. The van der Waals surface area contributed by atoms with Crippen molar-refractivity contribution >= 4 is 11.0 Å². The molecule has 4 rings (SSSR count). The van der Waals surface area contributed by atoms with E-state index in [-0.39, 0.29) is 11.7 Å². The van der Waals surface area contributed by atoms with E-state index in [1.54, 1.807) is 6.07 Å². The Morgan fingerprint density at radius 2 is 2.26 bits per heavy atom. The summed E-state index contributed by atoms with van der Waals surface area (Å²) in [5.74, 6) is 0.817.